The van der Waals surface area contributed by atoms with Crippen molar-refractivity contribution in [3.05, 3.63) is 53.9 Å². The Morgan fingerprint density at radius 1 is 1.35 bits per heavy atom. The fourth-order valence-corrected chi connectivity index (χ4v) is 3.30. The number of benzene rings is 1. The Morgan fingerprint density at radius 2 is 2.04 bits per heavy atom. The second-order valence-corrected chi connectivity index (χ2v) is 6.30. The molecule has 1 amide bonds. The number of carbonyl (C=O) groups is 1. The second kappa shape index (κ2) is 6.94. The number of hydrogen-bond donors (Lipinski definition) is 1. The molecule has 1 unspecified atom stereocenters. The van der Waals surface area contributed by atoms with Crippen molar-refractivity contribution in [2.45, 2.75) is 38.1 Å². The molecule has 5 heteroatoms. The summed E-state index contributed by atoms with van der Waals surface area (Å²) in [5.41, 5.74) is 0.834. The van der Waals surface area contributed by atoms with Gasteiger partial charge in [-0.25, -0.2) is 9.37 Å². The molecule has 1 aromatic heterocycles. The van der Waals surface area contributed by atoms with Crippen molar-refractivity contribution in [2.24, 2.45) is 13.0 Å². The lowest BCUT2D eigenvalue weighted by Crippen LogP contribution is -2.32. The van der Waals surface area contributed by atoms with Gasteiger partial charge in [-0.1, -0.05) is 25.0 Å². The van der Waals surface area contributed by atoms with E-state index in [4.69, 9.17) is 0 Å². The van der Waals surface area contributed by atoms with Crippen LogP contribution in [-0.4, -0.2) is 15.5 Å². The lowest BCUT2D eigenvalue weighted by Gasteiger charge is -2.20. The Morgan fingerprint density at radius 3 is 2.65 bits per heavy atom. The number of imidazole rings is 1. The van der Waals surface area contributed by atoms with Gasteiger partial charge in [0.2, 0.25) is 5.91 Å². The van der Waals surface area contributed by atoms with Crippen LogP contribution < -0.4 is 5.32 Å². The van der Waals surface area contributed by atoms with E-state index in [0.29, 0.717) is 12.3 Å². The number of rotatable bonds is 5. The number of carbonyl (C=O) groups excluding carboxylic acids is 1. The third kappa shape index (κ3) is 3.78. The van der Waals surface area contributed by atoms with Crippen LogP contribution in [0.1, 0.15) is 49.5 Å². The van der Waals surface area contributed by atoms with Gasteiger partial charge < -0.3 is 9.88 Å². The van der Waals surface area contributed by atoms with Gasteiger partial charge >= 0.3 is 0 Å². The maximum absolute atomic E-state index is 13.2. The molecule has 1 saturated carbocycles. The molecule has 1 aromatic carbocycles. The van der Waals surface area contributed by atoms with Crippen LogP contribution in [0.25, 0.3) is 0 Å². The van der Waals surface area contributed by atoms with Crippen LogP contribution >= 0.6 is 0 Å². The quantitative estimate of drug-likeness (QED) is 0.920. The van der Waals surface area contributed by atoms with Crippen molar-refractivity contribution < 1.29 is 9.18 Å². The van der Waals surface area contributed by atoms with Crippen LogP contribution in [0.15, 0.2) is 36.7 Å². The van der Waals surface area contributed by atoms with Crippen LogP contribution in [0.2, 0.25) is 0 Å². The average molecular weight is 315 g/mol. The molecule has 122 valence electrons. The Kier molecular flexibility index (Phi) is 4.74. The van der Waals surface area contributed by atoms with E-state index in [2.05, 4.69) is 10.3 Å². The summed E-state index contributed by atoms with van der Waals surface area (Å²) in [6.07, 6.45) is 8.82. The Bertz CT molecular complexity index is 659. The number of halogens is 1. The summed E-state index contributed by atoms with van der Waals surface area (Å²) in [7, 11) is 1.89. The normalized spacial score (nSPS) is 16.4. The summed E-state index contributed by atoms with van der Waals surface area (Å²) in [5, 5.41) is 3.08. The van der Waals surface area contributed by atoms with Gasteiger partial charge in [0.15, 0.2) is 0 Å². The van der Waals surface area contributed by atoms with E-state index in [1.54, 1.807) is 18.3 Å². The van der Waals surface area contributed by atoms with Crippen molar-refractivity contribution in [1.82, 2.24) is 14.9 Å². The van der Waals surface area contributed by atoms with E-state index < -0.39 is 0 Å². The minimum absolute atomic E-state index is 0.0363. The van der Waals surface area contributed by atoms with E-state index in [-0.39, 0.29) is 17.8 Å². The number of aromatic nitrogens is 2. The highest BCUT2D eigenvalue weighted by Gasteiger charge is 2.24. The molecule has 0 spiro atoms. The zero-order valence-corrected chi connectivity index (χ0v) is 13.3. The monoisotopic (exact) mass is 315 g/mol. The fourth-order valence-electron chi connectivity index (χ4n) is 3.30. The summed E-state index contributed by atoms with van der Waals surface area (Å²) in [4.78, 5) is 16.8. The molecule has 0 bridgehead atoms. The second-order valence-electron chi connectivity index (χ2n) is 6.30. The summed E-state index contributed by atoms with van der Waals surface area (Å²) < 4.78 is 15.1. The van der Waals surface area contributed by atoms with E-state index in [9.17, 15) is 9.18 Å². The number of aryl methyl sites for hydroxylation is 1. The molecule has 1 N–H and O–H groups in total. The van der Waals surface area contributed by atoms with Crippen LogP contribution in [0, 0.1) is 11.7 Å². The fraction of sp³-hybridized carbons (Fsp3) is 0.444. The van der Waals surface area contributed by atoms with Crippen molar-refractivity contribution in [3.63, 3.8) is 0 Å². The zero-order valence-electron chi connectivity index (χ0n) is 13.3. The van der Waals surface area contributed by atoms with Crippen LogP contribution in [0.5, 0.6) is 0 Å². The first kappa shape index (κ1) is 15.7. The molecule has 23 heavy (non-hydrogen) atoms. The summed E-state index contributed by atoms with van der Waals surface area (Å²) in [5.74, 6) is 0.987. The van der Waals surface area contributed by atoms with Gasteiger partial charge in [-0.15, -0.1) is 0 Å². The molecule has 0 saturated heterocycles. The molecule has 0 radical (unpaired) electrons. The number of hydrogen-bond acceptors (Lipinski definition) is 2. The minimum atomic E-state index is -0.357. The van der Waals surface area contributed by atoms with Crippen molar-refractivity contribution in [3.8, 4) is 0 Å². The maximum Gasteiger partial charge on any atom is 0.221 e. The Hall–Kier alpha value is -2.17. The smallest absolute Gasteiger partial charge is 0.221 e. The highest BCUT2D eigenvalue weighted by atomic mass is 19.1. The zero-order chi connectivity index (χ0) is 16.2. The largest absolute Gasteiger partial charge is 0.342 e. The lowest BCUT2D eigenvalue weighted by atomic mass is 10.0. The van der Waals surface area contributed by atoms with Crippen molar-refractivity contribution in [2.75, 3.05) is 0 Å². The molecule has 2 aromatic rings. The highest BCUT2D eigenvalue weighted by molar-refractivity contribution is 5.77. The van der Waals surface area contributed by atoms with Gasteiger partial charge in [-0.05, 0) is 36.5 Å². The molecule has 1 heterocycles. The molecule has 4 nitrogen and oxygen atoms in total. The lowest BCUT2D eigenvalue weighted by molar-refractivity contribution is -0.122. The summed E-state index contributed by atoms with van der Waals surface area (Å²) in [6.45, 7) is 0. The summed E-state index contributed by atoms with van der Waals surface area (Å²) >= 11 is 0. The van der Waals surface area contributed by atoms with Crippen LogP contribution in [-0.2, 0) is 11.8 Å². The van der Waals surface area contributed by atoms with E-state index in [1.165, 1.54) is 25.0 Å². The first-order valence-corrected chi connectivity index (χ1v) is 8.15. The molecule has 1 aliphatic carbocycles. The molecular formula is C18H22FN3O. The van der Waals surface area contributed by atoms with Gasteiger partial charge in [-0.2, -0.15) is 0 Å². The molecule has 1 fully saturated rings. The molecule has 1 atom stereocenters. The third-order valence-electron chi connectivity index (χ3n) is 4.57. The van der Waals surface area contributed by atoms with Gasteiger partial charge in [0.05, 0.1) is 0 Å². The van der Waals surface area contributed by atoms with Gasteiger partial charge in [-0.3, -0.25) is 4.79 Å². The molecular weight excluding hydrogens is 293 g/mol. The van der Waals surface area contributed by atoms with E-state index in [0.717, 1.165) is 24.2 Å². The predicted octanol–water partition coefficient (Wildman–Crippen LogP) is 3.35. The van der Waals surface area contributed by atoms with Crippen LogP contribution in [0.3, 0.4) is 0 Å². The summed E-state index contributed by atoms with van der Waals surface area (Å²) in [6, 6.07) is 5.86. The predicted molar refractivity (Wildman–Crippen MR) is 86.2 cm³/mol. The minimum Gasteiger partial charge on any atom is -0.342 e. The first-order chi connectivity index (χ1) is 11.1. The molecule has 1 aliphatic rings. The van der Waals surface area contributed by atoms with Crippen molar-refractivity contribution >= 4 is 5.91 Å². The van der Waals surface area contributed by atoms with Crippen LogP contribution in [0.4, 0.5) is 4.39 Å². The third-order valence-corrected chi connectivity index (χ3v) is 4.57. The van der Waals surface area contributed by atoms with Gasteiger partial charge in [0.1, 0.15) is 17.7 Å². The van der Waals surface area contributed by atoms with Gasteiger partial charge in [0, 0.05) is 25.9 Å². The number of amides is 1. The Balaban J connectivity index is 1.79. The maximum atomic E-state index is 13.2. The standard InChI is InChI=1S/C18H22FN3O/c1-22-11-10-20-18(22)17(14-6-8-15(19)9-7-14)21-16(23)12-13-4-2-3-5-13/h6-11,13,17H,2-5,12H2,1H3,(H,21,23). The average Bonchev–Trinajstić information content (AvgIpc) is 3.18. The SMILES string of the molecule is Cn1ccnc1C(NC(=O)CC1CCCC1)c1ccc(F)cc1. The van der Waals surface area contributed by atoms with Gasteiger partial charge in [0.25, 0.3) is 0 Å². The highest BCUT2D eigenvalue weighted by Crippen LogP contribution is 2.28. The molecule has 0 aliphatic heterocycles. The van der Waals surface area contributed by atoms with E-state index in [1.807, 2.05) is 17.8 Å². The first-order valence-electron chi connectivity index (χ1n) is 8.15. The number of nitrogens with one attached hydrogen (secondary N) is 1. The molecule has 3 rings (SSSR count). The van der Waals surface area contributed by atoms with E-state index >= 15 is 0 Å². The van der Waals surface area contributed by atoms with Crippen molar-refractivity contribution in [1.29, 1.82) is 0 Å². The Labute approximate surface area is 135 Å². The topological polar surface area (TPSA) is 46.9 Å². The number of nitrogens with zero attached hydrogens (tertiary/aromatic N) is 2.